The molecule has 8 atom stereocenters. The number of hydrogen-bond donors (Lipinski definition) is 0. The summed E-state index contributed by atoms with van der Waals surface area (Å²) in [5.41, 5.74) is 4.53. The average Bonchev–Trinajstić information content (AvgIpc) is 3.29. The first-order valence-electron chi connectivity index (χ1n) is 19.9. The van der Waals surface area contributed by atoms with E-state index < -0.39 is 49.1 Å². The zero-order chi connectivity index (χ0) is 39.8. The number of carbonyl (C=O) groups excluding carboxylic acids is 1. The van der Waals surface area contributed by atoms with Crippen molar-refractivity contribution in [2.45, 2.75) is 88.5 Å². The third-order valence-electron chi connectivity index (χ3n) is 10.2. The Balaban J connectivity index is 1.08. The summed E-state index contributed by atoms with van der Waals surface area (Å²) in [6.45, 7) is 1.46. The van der Waals surface area contributed by atoms with Crippen molar-refractivity contribution in [3.8, 4) is 0 Å². The molecule has 0 N–H and O–H groups in total. The van der Waals surface area contributed by atoms with Gasteiger partial charge in [0, 0.05) is 13.5 Å². The zero-order valence-corrected chi connectivity index (χ0v) is 32.8. The predicted molar refractivity (Wildman–Crippen MR) is 216 cm³/mol. The van der Waals surface area contributed by atoms with Gasteiger partial charge in [-0.15, -0.1) is 0 Å². The van der Waals surface area contributed by atoms with Crippen LogP contribution in [0.15, 0.2) is 152 Å². The molecule has 0 amide bonds. The van der Waals surface area contributed by atoms with Crippen molar-refractivity contribution in [3.05, 3.63) is 179 Å². The number of rotatable bonds is 19. The van der Waals surface area contributed by atoms with Gasteiger partial charge in [-0.1, -0.05) is 140 Å². The molecule has 0 spiro atoms. The lowest BCUT2D eigenvalue weighted by atomic mass is 9.97. The Morgan fingerprint density at radius 3 is 1.48 bits per heavy atom. The molecule has 0 radical (unpaired) electrons. The summed E-state index contributed by atoms with van der Waals surface area (Å²) >= 11 is 0. The van der Waals surface area contributed by atoms with Crippen molar-refractivity contribution in [1.29, 1.82) is 0 Å². The molecule has 2 saturated heterocycles. The Bertz CT molecular complexity index is 1900. The van der Waals surface area contributed by atoms with Gasteiger partial charge < -0.3 is 42.6 Å². The number of ether oxygens (including phenoxy) is 9. The van der Waals surface area contributed by atoms with Gasteiger partial charge in [0.25, 0.3) is 0 Å². The van der Waals surface area contributed by atoms with Crippen LogP contribution in [0.5, 0.6) is 0 Å². The molecule has 2 aliphatic heterocycles. The summed E-state index contributed by atoms with van der Waals surface area (Å²) in [5.74, 6) is -0.431. The highest BCUT2D eigenvalue weighted by molar-refractivity contribution is 5.89. The van der Waals surface area contributed by atoms with E-state index in [9.17, 15) is 4.79 Å². The average molecular weight is 789 g/mol. The zero-order valence-electron chi connectivity index (χ0n) is 32.8. The minimum atomic E-state index is -0.789. The highest BCUT2D eigenvalue weighted by atomic mass is 16.7. The molecule has 0 aromatic heterocycles. The maximum absolute atomic E-state index is 13.0. The third-order valence-corrected chi connectivity index (χ3v) is 10.2. The van der Waals surface area contributed by atoms with Gasteiger partial charge >= 0.3 is 5.97 Å². The number of esters is 1. The van der Waals surface area contributed by atoms with Crippen molar-refractivity contribution >= 4 is 5.97 Å². The summed E-state index contributed by atoms with van der Waals surface area (Å²) in [6.07, 6.45) is -3.63. The minimum Gasteiger partial charge on any atom is -0.459 e. The molecule has 2 heterocycles. The van der Waals surface area contributed by atoms with Crippen LogP contribution in [0.1, 0.15) is 45.5 Å². The van der Waals surface area contributed by atoms with E-state index in [2.05, 4.69) is 0 Å². The molecule has 2 aliphatic rings. The van der Waals surface area contributed by atoms with Gasteiger partial charge in [-0.25, -0.2) is 4.79 Å². The molecule has 5 aromatic rings. The number of benzene rings is 5. The molecule has 10 nitrogen and oxygen atoms in total. The smallest absolute Gasteiger partial charge is 0.338 e. The van der Waals surface area contributed by atoms with Gasteiger partial charge in [-0.2, -0.15) is 0 Å². The van der Waals surface area contributed by atoms with E-state index in [1.807, 2.05) is 127 Å². The second-order valence-electron chi connectivity index (χ2n) is 14.4. The Labute approximate surface area is 340 Å². The minimum absolute atomic E-state index is 0.00261. The molecule has 0 bridgehead atoms. The number of hydrogen-bond acceptors (Lipinski definition) is 10. The lowest BCUT2D eigenvalue weighted by molar-refractivity contribution is -0.331. The second-order valence-corrected chi connectivity index (χ2v) is 14.4. The van der Waals surface area contributed by atoms with Gasteiger partial charge in [0.2, 0.25) is 0 Å². The van der Waals surface area contributed by atoms with Crippen LogP contribution in [0, 0.1) is 0 Å². The van der Waals surface area contributed by atoms with Crippen LogP contribution in [-0.4, -0.2) is 75.5 Å². The second kappa shape index (κ2) is 21.9. The highest BCUT2D eigenvalue weighted by Crippen LogP contribution is 2.32. The Morgan fingerprint density at radius 1 is 0.500 bits per heavy atom. The van der Waals surface area contributed by atoms with E-state index in [0.29, 0.717) is 44.8 Å². The van der Waals surface area contributed by atoms with E-state index in [0.717, 1.165) is 22.3 Å². The molecule has 58 heavy (non-hydrogen) atoms. The highest BCUT2D eigenvalue weighted by Gasteiger charge is 2.49. The fourth-order valence-electron chi connectivity index (χ4n) is 7.16. The molecule has 0 unspecified atom stereocenters. The predicted octanol–water partition coefficient (Wildman–Crippen LogP) is 8.08. The molecule has 304 valence electrons. The largest absolute Gasteiger partial charge is 0.459 e. The van der Waals surface area contributed by atoms with Gasteiger partial charge in [-0.05, 0) is 40.8 Å². The normalized spacial score (nSPS) is 24.6. The van der Waals surface area contributed by atoms with Crippen LogP contribution in [0.25, 0.3) is 0 Å². The van der Waals surface area contributed by atoms with Gasteiger partial charge in [0.1, 0.15) is 37.1 Å². The molecule has 10 heteroatoms. The molecular formula is C48H52O10. The van der Waals surface area contributed by atoms with Crippen LogP contribution >= 0.6 is 0 Å². The Hall–Kier alpha value is -4.75. The topological polar surface area (TPSA) is 100 Å². The standard InChI is InChI=1S/C48H52O10/c1-50-48-46(55-32-38-23-13-5-14-24-38)45(54-31-37-21-11-4-12-22-37)44(53-30-36-19-9-3-10-20-36)42(58-48)34-52-43-28-27-40(51-29-35-17-7-2-8-18-35)41(57-43)33-56-47(49)39-25-15-6-16-26-39/h2-26,40-46,48H,27-34H2,1H3/t40-,41+,42+,43-,44+,45-,46+,48-/m0/s1. The SMILES string of the molecule is CO[C@H]1O[C@H](CO[C@@H]2CC[C@H](OCc3ccccc3)[C@@H](COC(=O)c3ccccc3)O2)[C@@H](OCc2ccccc2)[C@H](OCc2ccccc2)[C@H]1OCc1ccccc1. The fraction of sp³-hybridized carbons (Fsp3) is 0.354. The van der Waals surface area contributed by atoms with Crippen molar-refractivity contribution in [2.24, 2.45) is 0 Å². The van der Waals surface area contributed by atoms with Gasteiger partial charge in [0.05, 0.1) is 44.7 Å². The molecule has 5 aromatic carbocycles. The molecule has 2 fully saturated rings. The van der Waals surface area contributed by atoms with Crippen LogP contribution in [-0.2, 0) is 69.1 Å². The number of methoxy groups -OCH3 is 1. The van der Waals surface area contributed by atoms with E-state index in [-0.39, 0.29) is 19.3 Å². The van der Waals surface area contributed by atoms with E-state index >= 15 is 0 Å². The first-order chi connectivity index (χ1) is 28.6. The summed E-state index contributed by atoms with van der Waals surface area (Å²) in [5, 5.41) is 0. The first-order valence-corrected chi connectivity index (χ1v) is 19.9. The van der Waals surface area contributed by atoms with Crippen LogP contribution in [0.3, 0.4) is 0 Å². The maximum Gasteiger partial charge on any atom is 0.338 e. The van der Waals surface area contributed by atoms with E-state index in [4.69, 9.17) is 42.6 Å². The maximum atomic E-state index is 13.0. The lowest BCUT2D eigenvalue weighted by Crippen LogP contribution is -2.61. The van der Waals surface area contributed by atoms with Crippen molar-refractivity contribution in [3.63, 3.8) is 0 Å². The van der Waals surface area contributed by atoms with Gasteiger partial charge in [-0.3, -0.25) is 0 Å². The van der Waals surface area contributed by atoms with Crippen molar-refractivity contribution in [2.75, 3.05) is 20.3 Å². The van der Waals surface area contributed by atoms with Gasteiger partial charge in [0.15, 0.2) is 12.6 Å². The quantitative estimate of drug-likeness (QED) is 0.0764. The molecular weight excluding hydrogens is 737 g/mol. The Morgan fingerprint density at radius 2 is 0.966 bits per heavy atom. The van der Waals surface area contributed by atoms with Crippen LogP contribution in [0.2, 0.25) is 0 Å². The summed E-state index contributed by atoms with van der Waals surface area (Å²) in [6, 6.07) is 48.8. The molecule has 7 rings (SSSR count). The van der Waals surface area contributed by atoms with Crippen LogP contribution < -0.4 is 0 Å². The van der Waals surface area contributed by atoms with E-state index in [1.54, 1.807) is 31.4 Å². The Kier molecular flexibility index (Phi) is 15.6. The molecule has 0 saturated carbocycles. The first kappa shape index (κ1) is 41.4. The van der Waals surface area contributed by atoms with Crippen molar-refractivity contribution in [1.82, 2.24) is 0 Å². The van der Waals surface area contributed by atoms with Crippen molar-refractivity contribution < 1.29 is 47.4 Å². The summed E-state index contributed by atoms with van der Waals surface area (Å²) < 4.78 is 57.8. The fourth-order valence-corrected chi connectivity index (χ4v) is 7.16. The monoisotopic (exact) mass is 788 g/mol. The van der Waals surface area contributed by atoms with E-state index in [1.165, 1.54) is 0 Å². The third kappa shape index (κ3) is 11.9. The van der Waals surface area contributed by atoms with Crippen LogP contribution in [0.4, 0.5) is 0 Å². The molecule has 0 aliphatic carbocycles. The summed E-state index contributed by atoms with van der Waals surface area (Å²) in [4.78, 5) is 13.0. The number of carbonyl (C=O) groups is 1. The summed E-state index contributed by atoms with van der Waals surface area (Å²) in [7, 11) is 1.60. The lowest BCUT2D eigenvalue weighted by Gasteiger charge is -2.46.